The number of carbonyl (C=O) groups excluding carboxylic acids is 2. The Hall–Kier alpha value is -2.32. The molecular formula is C12H12F3N3O3. The van der Waals surface area contributed by atoms with Crippen molar-refractivity contribution in [2.75, 3.05) is 11.9 Å². The second-order valence-electron chi connectivity index (χ2n) is 4.44. The van der Waals surface area contributed by atoms with E-state index < -0.39 is 24.7 Å². The molecule has 114 valence electrons. The number of nitrogens with one attached hydrogen (secondary N) is 2. The molecule has 1 fully saturated rings. The van der Waals surface area contributed by atoms with Crippen molar-refractivity contribution in [2.45, 2.75) is 25.1 Å². The highest BCUT2D eigenvalue weighted by molar-refractivity contribution is 5.98. The maximum Gasteiger partial charge on any atom is 0.422 e. The van der Waals surface area contributed by atoms with Crippen LogP contribution in [-0.2, 0) is 9.59 Å². The number of halogens is 3. The number of pyridine rings is 1. The first-order valence-corrected chi connectivity index (χ1v) is 6.09. The largest absolute Gasteiger partial charge is 0.468 e. The molecule has 1 aliphatic heterocycles. The molecule has 1 aliphatic rings. The topological polar surface area (TPSA) is 80.3 Å². The smallest absolute Gasteiger partial charge is 0.422 e. The quantitative estimate of drug-likeness (QED) is 0.877. The first-order valence-electron chi connectivity index (χ1n) is 6.09. The van der Waals surface area contributed by atoms with Crippen molar-refractivity contribution in [1.29, 1.82) is 0 Å². The molecule has 2 amide bonds. The Morgan fingerprint density at radius 1 is 1.48 bits per heavy atom. The van der Waals surface area contributed by atoms with E-state index in [-0.39, 0.29) is 11.8 Å². The molecule has 1 saturated heterocycles. The van der Waals surface area contributed by atoms with Crippen molar-refractivity contribution in [3.05, 3.63) is 18.3 Å². The van der Waals surface area contributed by atoms with Gasteiger partial charge in [0.05, 0.1) is 11.9 Å². The van der Waals surface area contributed by atoms with E-state index in [1.165, 1.54) is 18.3 Å². The van der Waals surface area contributed by atoms with Crippen LogP contribution in [0.4, 0.5) is 18.9 Å². The molecule has 1 aromatic rings. The van der Waals surface area contributed by atoms with E-state index >= 15 is 0 Å². The number of rotatable bonds is 4. The van der Waals surface area contributed by atoms with Crippen molar-refractivity contribution in [1.82, 2.24) is 10.3 Å². The zero-order valence-electron chi connectivity index (χ0n) is 10.7. The molecule has 6 nitrogen and oxygen atoms in total. The molecule has 0 radical (unpaired) electrons. The number of hydrogen-bond donors (Lipinski definition) is 2. The fraction of sp³-hybridized carbons (Fsp3) is 0.417. The number of anilines is 1. The molecule has 1 atom stereocenters. The Balaban J connectivity index is 1.87. The molecule has 2 heterocycles. The normalized spacial score (nSPS) is 18.2. The lowest BCUT2D eigenvalue weighted by molar-refractivity contribution is -0.154. The third-order valence-electron chi connectivity index (χ3n) is 2.70. The number of ether oxygens (including phenoxy) is 1. The van der Waals surface area contributed by atoms with E-state index in [9.17, 15) is 22.8 Å². The molecule has 0 aliphatic carbocycles. The highest BCUT2D eigenvalue weighted by atomic mass is 19.4. The zero-order chi connectivity index (χ0) is 15.5. The van der Waals surface area contributed by atoms with Crippen molar-refractivity contribution >= 4 is 17.5 Å². The second kappa shape index (κ2) is 5.98. The van der Waals surface area contributed by atoms with Gasteiger partial charge in [0.1, 0.15) is 6.04 Å². The fourth-order valence-electron chi connectivity index (χ4n) is 1.74. The molecule has 0 aromatic carbocycles. The first kappa shape index (κ1) is 15.1. The summed E-state index contributed by atoms with van der Waals surface area (Å²) < 4.78 is 40.3. The molecule has 1 aromatic heterocycles. The average molecular weight is 303 g/mol. The van der Waals surface area contributed by atoms with Crippen molar-refractivity contribution in [3.8, 4) is 5.88 Å². The Bertz CT molecular complexity index is 531. The van der Waals surface area contributed by atoms with Crippen LogP contribution in [0.15, 0.2) is 18.3 Å². The Kier molecular flexibility index (Phi) is 4.29. The van der Waals surface area contributed by atoms with Gasteiger partial charge in [-0.1, -0.05) is 0 Å². The molecule has 0 saturated carbocycles. The summed E-state index contributed by atoms with van der Waals surface area (Å²) in [7, 11) is 0. The van der Waals surface area contributed by atoms with E-state index in [2.05, 4.69) is 20.4 Å². The Morgan fingerprint density at radius 2 is 2.24 bits per heavy atom. The van der Waals surface area contributed by atoms with Gasteiger partial charge in [-0.15, -0.1) is 0 Å². The van der Waals surface area contributed by atoms with E-state index in [1.807, 2.05) is 0 Å². The summed E-state index contributed by atoms with van der Waals surface area (Å²) in [6.07, 6.45) is -2.55. The third-order valence-corrected chi connectivity index (χ3v) is 2.70. The number of aromatic nitrogens is 1. The van der Waals surface area contributed by atoms with Crippen LogP contribution in [0, 0.1) is 0 Å². The predicted molar refractivity (Wildman–Crippen MR) is 65.6 cm³/mol. The van der Waals surface area contributed by atoms with Gasteiger partial charge in [-0.25, -0.2) is 4.98 Å². The van der Waals surface area contributed by atoms with Crippen LogP contribution in [0.5, 0.6) is 5.88 Å². The van der Waals surface area contributed by atoms with Gasteiger partial charge >= 0.3 is 6.18 Å². The molecule has 0 spiro atoms. The summed E-state index contributed by atoms with van der Waals surface area (Å²) >= 11 is 0. The van der Waals surface area contributed by atoms with Gasteiger partial charge in [0.15, 0.2) is 6.61 Å². The van der Waals surface area contributed by atoms with Gasteiger partial charge in [-0.3, -0.25) is 9.59 Å². The van der Waals surface area contributed by atoms with E-state index in [0.717, 1.165) is 0 Å². The standard InChI is InChI=1S/C12H12F3N3O3/c13-12(14,15)6-21-10-4-1-7(5-16-10)17-11(20)8-2-3-9(19)18-8/h1,4-5,8H,2-3,6H2,(H,17,20)(H,18,19)/t8-/m1/s1. The Morgan fingerprint density at radius 3 is 2.76 bits per heavy atom. The van der Waals surface area contributed by atoms with Crippen LogP contribution >= 0.6 is 0 Å². The van der Waals surface area contributed by atoms with Gasteiger partial charge in [0.25, 0.3) is 0 Å². The van der Waals surface area contributed by atoms with Gasteiger partial charge < -0.3 is 15.4 Å². The minimum Gasteiger partial charge on any atom is -0.468 e. The average Bonchev–Trinajstić information content (AvgIpc) is 2.84. The van der Waals surface area contributed by atoms with Crippen LogP contribution in [0.3, 0.4) is 0 Å². The summed E-state index contributed by atoms with van der Waals surface area (Å²) in [5.74, 6) is -0.782. The maximum absolute atomic E-state index is 12.0. The van der Waals surface area contributed by atoms with Gasteiger partial charge in [0, 0.05) is 12.5 Å². The molecule has 0 bridgehead atoms. The minimum atomic E-state index is -4.44. The molecule has 21 heavy (non-hydrogen) atoms. The summed E-state index contributed by atoms with van der Waals surface area (Å²) in [5, 5.41) is 5.01. The summed E-state index contributed by atoms with van der Waals surface area (Å²) in [5.41, 5.74) is 0.306. The lowest BCUT2D eigenvalue weighted by atomic mass is 10.2. The van der Waals surface area contributed by atoms with Gasteiger partial charge in [-0.2, -0.15) is 13.2 Å². The highest BCUT2D eigenvalue weighted by Gasteiger charge is 2.29. The second-order valence-corrected chi connectivity index (χ2v) is 4.44. The van der Waals surface area contributed by atoms with E-state index in [1.54, 1.807) is 0 Å². The zero-order valence-corrected chi connectivity index (χ0v) is 10.7. The third kappa shape index (κ3) is 4.62. The summed E-state index contributed by atoms with van der Waals surface area (Å²) in [4.78, 5) is 26.4. The number of carbonyl (C=O) groups is 2. The number of alkyl halides is 3. The van der Waals surface area contributed by atoms with Crippen LogP contribution in [0.25, 0.3) is 0 Å². The molecular weight excluding hydrogens is 291 g/mol. The van der Waals surface area contributed by atoms with Crippen molar-refractivity contribution < 1.29 is 27.5 Å². The van der Waals surface area contributed by atoms with Crippen molar-refractivity contribution in [2.24, 2.45) is 0 Å². The number of nitrogens with zero attached hydrogens (tertiary/aromatic N) is 1. The minimum absolute atomic E-state index is 0.191. The summed E-state index contributed by atoms with van der Waals surface area (Å²) in [6, 6.07) is 1.99. The lowest BCUT2D eigenvalue weighted by Crippen LogP contribution is -2.37. The Labute approximate surface area is 117 Å². The van der Waals surface area contributed by atoms with Crippen molar-refractivity contribution in [3.63, 3.8) is 0 Å². The lowest BCUT2D eigenvalue weighted by Gasteiger charge is -2.11. The van der Waals surface area contributed by atoms with Crippen LogP contribution in [0.1, 0.15) is 12.8 Å². The van der Waals surface area contributed by atoms with E-state index in [4.69, 9.17) is 0 Å². The monoisotopic (exact) mass is 303 g/mol. The van der Waals surface area contributed by atoms with Crippen LogP contribution < -0.4 is 15.4 Å². The van der Waals surface area contributed by atoms with Crippen LogP contribution in [-0.4, -0.2) is 35.6 Å². The predicted octanol–water partition coefficient (Wildman–Crippen LogP) is 1.24. The number of hydrogen-bond acceptors (Lipinski definition) is 4. The molecule has 9 heteroatoms. The number of amides is 2. The SMILES string of the molecule is O=C1CC[C@H](C(=O)Nc2ccc(OCC(F)(F)F)nc2)N1. The summed E-state index contributed by atoms with van der Waals surface area (Å²) in [6.45, 7) is -1.43. The molecule has 0 unspecified atom stereocenters. The molecule has 2 rings (SSSR count). The molecule has 2 N–H and O–H groups in total. The maximum atomic E-state index is 12.0. The van der Waals surface area contributed by atoms with Crippen LogP contribution in [0.2, 0.25) is 0 Å². The van der Waals surface area contributed by atoms with Gasteiger partial charge in [0.2, 0.25) is 17.7 Å². The van der Waals surface area contributed by atoms with Gasteiger partial charge in [-0.05, 0) is 12.5 Å². The first-order chi connectivity index (χ1) is 9.83. The highest BCUT2D eigenvalue weighted by Crippen LogP contribution is 2.18. The van der Waals surface area contributed by atoms with E-state index in [0.29, 0.717) is 18.5 Å². The fourth-order valence-corrected chi connectivity index (χ4v) is 1.74.